The van der Waals surface area contributed by atoms with Crippen LogP contribution in [-0.2, 0) is 19.4 Å². The molecule has 0 aliphatic carbocycles. The zero-order chi connectivity index (χ0) is 14.6. The number of carbonyl (C=O) groups is 1. The molecule has 0 aromatic heterocycles. The molecule has 0 bridgehead atoms. The van der Waals surface area contributed by atoms with E-state index in [4.69, 9.17) is 9.84 Å². The molecule has 1 N–H and O–H groups in total. The predicted molar refractivity (Wildman–Crippen MR) is 74.5 cm³/mol. The molecule has 2 rings (SSSR count). The Morgan fingerprint density at radius 2 is 1.75 bits per heavy atom. The van der Waals surface area contributed by atoms with Crippen molar-refractivity contribution >= 4 is 15.8 Å². The topological polar surface area (TPSA) is 83.9 Å². The summed E-state index contributed by atoms with van der Waals surface area (Å²) in [5.41, 5.74) is 0. The Balaban J connectivity index is 1.68. The second kappa shape index (κ2) is 6.87. The fourth-order valence-electron chi connectivity index (χ4n) is 2.96. The highest BCUT2D eigenvalue weighted by Gasteiger charge is 2.30. The first-order valence-corrected chi connectivity index (χ1v) is 9.06. The van der Waals surface area contributed by atoms with Crippen molar-refractivity contribution in [3.8, 4) is 0 Å². The van der Waals surface area contributed by atoms with Crippen LogP contribution in [0.4, 0.5) is 0 Å². The maximum absolute atomic E-state index is 11.4. The highest BCUT2D eigenvalue weighted by Crippen LogP contribution is 2.23. The van der Waals surface area contributed by atoms with E-state index in [9.17, 15) is 13.2 Å². The molecule has 6 nitrogen and oxygen atoms in total. The van der Waals surface area contributed by atoms with E-state index in [1.165, 1.54) is 0 Å². The lowest BCUT2D eigenvalue weighted by Gasteiger charge is -2.39. The Morgan fingerprint density at radius 3 is 2.30 bits per heavy atom. The zero-order valence-corrected chi connectivity index (χ0v) is 12.5. The quantitative estimate of drug-likeness (QED) is 0.797. The van der Waals surface area contributed by atoms with Gasteiger partial charge in [-0.25, -0.2) is 8.42 Å². The molecule has 2 saturated heterocycles. The largest absolute Gasteiger partial charge is 0.481 e. The van der Waals surface area contributed by atoms with Crippen molar-refractivity contribution in [3.63, 3.8) is 0 Å². The summed E-state index contributed by atoms with van der Waals surface area (Å²) in [4.78, 5) is 12.8. The van der Waals surface area contributed by atoms with Crippen molar-refractivity contribution in [2.45, 2.75) is 44.2 Å². The Morgan fingerprint density at radius 1 is 1.15 bits per heavy atom. The van der Waals surface area contributed by atoms with E-state index in [1.54, 1.807) is 0 Å². The third kappa shape index (κ3) is 4.71. The molecule has 0 unspecified atom stereocenters. The van der Waals surface area contributed by atoms with Crippen molar-refractivity contribution in [1.82, 2.24) is 4.90 Å². The van der Waals surface area contributed by atoms with E-state index in [1.807, 2.05) is 0 Å². The second-order valence-electron chi connectivity index (χ2n) is 5.63. The van der Waals surface area contributed by atoms with Gasteiger partial charge >= 0.3 is 5.97 Å². The number of ether oxygens (including phenoxy) is 1. The molecule has 0 amide bonds. The molecule has 116 valence electrons. The summed E-state index contributed by atoms with van der Waals surface area (Å²) in [5, 5.41) is 8.56. The lowest BCUT2D eigenvalue weighted by Crippen LogP contribution is -2.46. The van der Waals surface area contributed by atoms with Gasteiger partial charge in [0.1, 0.15) is 9.84 Å². The normalized spacial score (nSPS) is 25.6. The van der Waals surface area contributed by atoms with Crippen molar-refractivity contribution in [2.75, 3.05) is 31.2 Å². The van der Waals surface area contributed by atoms with Crippen LogP contribution >= 0.6 is 0 Å². The smallest absolute Gasteiger partial charge is 0.305 e. The number of hydrogen-bond acceptors (Lipinski definition) is 5. The molecule has 2 fully saturated rings. The van der Waals surface area contributed by atoms with Gasteiger partial charge in [0.25, 0.3) is 0 Å². The summed E-state index contributed by atoms with van der Waals surface area (Å²) in [6.07, 6.45) is 3.50. The van der Waals surface area contributed by atoms with Crippen LogP contribution in [0.3, 0.4) is 0 Å². The SMILES string of the molecule is O=C(O)CCOC1CCN(C2CCS(=O)(=O)CC2)CC1. The summed E-state index contributed by atoms with van der Waals surface area (Å²) in [5.74, 6) is -0.203. The fraction of sp³-hybridized carbons (Fsp3) is 0.923. The van der Waals surface area contributed by atoms with Crippen LogP contribution in [0.15, 0.2) is 0 Å². The van der Waals surface area contributed by atoms with E-state index in [0.717, 1.165) is 38.8 Å². The van der Waals surface area contributed by atoms with E-state index < -0.39 is 15.8 Å². The third-order valence-electron chi connectivity index (χ3n) is 4.19. The molecule has 2 aliphatic heterocycles. The Labute approximate surface area is 120 Å². The number of carboxylic acid groups (broad SMARTS) is 1. The van der Waals surface area contributed by atoms with Gasteiger partial charge < -0.3 is 14.7 Å². The van der Waals surface area contributed by atoms with Crippen molar-refractivity contribution in [1.29, 1.82) is 0 Å². The van der Waals surface area contributed by atoms with Crippen LogP contribution in [-0.4, -0.2) is 67.7 Å². The first-order valence-electron chi connectivity index (χ1n) is 7.24. The van der Waals surface area contributed by atoms with Gasteiger partial charge in [-0.05, 0) is 25.7 Å². The number of sulfone groups is 1. The second-order valence-corrected chi connectivity index (χ2v) is 7.94. The Bertz CT molecular complexity index is 414. The summed E-state index contributed by atoms with van der Waals surface area (Å²) >= 11 is 0. The highest BCUT2D eigenvalue weighted by molar-refractivity contribution is 7.91. The molecule has 0 saturated carbocycles. The minimum Gasteiger partial charge on any atom is -0.481 e. The highest BCUT2D eigenvalue weighted by atomic mass is 32.2. The molecular weight excluding hydrogens is 282 g/mol. The number of rotatable bonds is 5. The van der Waals surface area contributed by atoms with E-state index in [-0.39, 0.29) is 19.1 Å². The summed E-state index contributed by atoms with van der Waals surface area (Å²) in [6.45, 7) is 2.12. The molecule has 0 aromatic carbocycles. The first-order chi connectivity index (χ1) is 9.46. The number of aliphatic carboxylic acids is 1. The van der Waals surface area contributed by atoms with Crippen LogP contribution in [0.1, 0.15) is 32.1 Å². The zero-order valence-electron chi connectivity index (χ0n) is 11.7. The van der Waals surface area contributed by atoms with Crippen molar-refractivity contribution in [2.24, 2.45) is 0 Å². The lowest BCUT2D eigenvalue weighted by molar-refractivity contribution is -0.138. The van der Waals surface area contributed by atoms with Gasteiger partial charge in [0.15, 0.2) is 0 Å². The van der Waals surface area contributed by atoms with E-state index in [0.29, 0.717) is 17.5 Å². The number of piperidine rings is 1. The predicted octanol–water partition coefficient (Wildman–Crippen LogP) is 0.519. The first kappa shape index (κ1) is 15.7. The van der Waals surface area contributed by atoms with Crippen LogP contribution in [0.2, 0.25) is 0 Å². The molecule has 0 atom stereocenters. The summed E-state index contributed by atoms with van der Waals surface area (Å²) in [7, 11) is -2.79. The van der Waals surface area contributed by atoms with Gasteiger partial charge in [0.05, 0.1) is 30.6 Å². The number of nitrogens with zero attached hydrogens (tertiary/aromatic N) is 1. The van der Waals surface area contributed by atoms with Gasteiger partial charge in [-0.1, -0.05) is 0 Å². The van der Waals surface area contributed by atoms with Crippen LogP contribution in [0, 0.1) is 0 Å². The van der Waals surface area contributed by atoms with Crippen LogP contribution in [0.25, 0.3) is 0 Å². The molecule has 7 heteroatoms. The third-order valence-corrected chi connectivity index (χ3v) is 5.90. The minimum atomic E-state index is -2.79. The van der Waals surface area contributed by atoms with Gasteiger partial charge in [-0.2, -0.15) is 0 Å². The molecule has 2 heterocycles. The monoisotopic (exact) mass is 305 g/mol. The van der Waals surface area contributed by atoms with Crippen LogP contribution < -0.4 is 0 Å². The Kier molecular flexibility index (Phi) is 5.40. The maximum atomic E-state index is 11.4. The molecule has 0 aromatic rings. The molecule has 0 spiro atoms. The molecule has 0 radical (unpaired) electrons. The van der Waals surface area contributed by atoms with E-state index >= 15 is 0 Å². The summed E-state index contributed by atoms with van der Waals surface area (Å²) < 4.78 is 28.4. The molecule has 2 aliphatic rings. The van der Waals surface area contributed by atoms with Gasteiger partial charge in [0.2, 0.25) is 0 Å². The van der Waals surface area contributed by atoms with Gasteiger partial charge in [-0.3, -0.25) is 4.79 Å². The molecule has 20 heavy (non-hydrogen) atoms. The molecular formula is C13H23NO5S. The fourth-order valence-corrected chi connectivity index (χ4v) is 4.43. The van der Waals surface area contributed by atoms with Crippen molar-refractivity contribution < 1.29 is 23.1 Å². The average Bonchev–Trinajstić information content (AvgIpc) is 2.39. The maximum Gasteiger partial charge on any atom is 0.305 e. The summed E-state index contributed by atoms with van der Waals surface area (Å²) in [6, 6.07) is 0.387. The number of likely N-dealkylation sites (tertiary alicyclic amines) is 1. The van der Waals surface area contributed by atoms with Gasteiger partial charge in [-0.15, -0.1) is 0 Å². The average molecular weight is 305 g/mol. The standard InChI is InChI=1S/C13H23NO5S/c15-13(16)3-8-19-12-1-6-14(7-2-12)11-4-9-20(17,18)10-5-11/h11-12H,1-10H2,(H,15,16). The van der Waals surface area contributed by atoms with Gasteiger partial charge in [0, 0.05) is 19.1 Å². The number of hydrogen-bond donors (Lipinski definition) is 1. The van der Waals surface area contributed by atoms with Crippen LogP contribution in [0.5, 0.6) is 0 Å². The minimum absolute atomic E-state index is 0.0562. The van der Waals surface area contributed by atoms with E-state index in [2.05, 4.69) is 4.90 Å². The number of carboxylic acids is 1. The lowest BCUT2D eigenvalue weighted by atomic mass is 10.0. The van der Waals surface area contributed by atoms with Crippen molar-refractivity contribution in [3.05, 3.63) is 0 Å². The Hall–Kier alpha value is -0.660.